The van der Waals surface area contributed by atoms with Crippen molar-refractivity contribution >= 4 is 29.1 Å². The molecule has 0 aliphatic heterocycles. The fourth-order valence-electron chi connectivity index (χ4n) is 2.15. The van der Waals surface area contributed by atoms with E-state index in [1.807, 2.05) is 13.0 Å². The first-order chi connectivity index (χ1) is 11.5. The molecule has 0 spiro atoms. The van der Waals surface area contributed by atoms with Crippen LogP contribution in [-0.2, 0) is 4.79 Å². The number of carbonyl (C=O) groups is 2. The lowest BCUT2D eigenvalue weighted by Crippen LogP contribution is -2.28. The standard InChI is InChI=1S/C18H15FN2O2S/c1-11-4-3-5-13(8-11)21-18(23)14(10-20)17(22)12-6-7-15(19)16(9-12)24-2/h3-9,14H,1-2H3,(H,21,23)/t14-/m1/s1. The van der Waals surface area contributed by atoms with Crippen molar-refractivity contribution in [3.63, 3.8) is 0 Å². The van der Waals surface area contributed by atoms with Crippen molar-refractivity contribution in [2.75, 3.05) is 11.6 Å². The van der Waals surface area contributed by atoms with E-state index in [2.05, 4.69) is 5.32 Å². The van der Waals surface area contributed by atoms with Crippen LogP contribution in [0.2, 0.25) is 0 Å². The maximum Gasteiger partial charge on any atom is 0.249 e. The largest absolute Gasteiger partial charge is 0.325 e. The van der Waals surface area contributed by atoms with Crippen LogP contribution in [0.15, 0.2) is 47.4 Å². The summed E-state index contributed by atoms with van der Waals surface area (Å²) in [6, 6.07) is 12.6. The summed E-state index contributed by atoms with van der Waals surface area (Å²) in [5.41, 5.74) is 1.58. The lowest BCUT2D eigenvalue weighted by atomic mass is 9.98. The van der Waals surface area contributed by atoms with Crippen molar-refractivity contribution in [3.05, 3.63) is 59.4 Å². The molecule has 0 radical (unpaired) electrons. The number of carbonyl (C=O) groups excluding carboxylic acids is 2. The zero-order chi connectivity index (χ0) is 17.7. The second-order valence-electron chi connectivity index (χ2n) is 5.13. The molecule has 1 atom stereocenters. The van der Waals surface area contributed by atoms with Gasteiger partial charge in [0.2, 0.25) is 5.91 Å². The number of aryl methyl sites for hydroxylation is 1. The molecule has 0 saturated heterocycles. The van der Waals surface area contributed by atoms with E-state index in [4.69, 9.17) is 0 Å². The molecule has 0 saturated carbocycles. The number of rotatable bonds is 5. The lowest BCUT2D eigenvalue weighted by Gasteiger charge is -2.11. The Kier molecular flexibility index (Phi) is 5.72. The number of nitrogens with one attached hydrogen (secondary N) is 1. The summed E-state index contributed by atoms with van der Waals surface area (Å²) < 4.78 is 13.5. The van der Waals surface area contributed by atoms with Crippen molar-refractivity contribution in [2.24, 2.45) is 5.92 Å². The first-order valence-corrected chi connectivity index (χ1v) is 8.33. The van der Waals surface area contributed by atoms with E-state index in [0.717, 1.165) is 23.4 Å². The van der Waals surface area contributed by atoms with Crippen molar-refractivity contribution in [2.45, 2.75) is 11.8 Å². The number of anilines is 1. The average molecular weight is 342 g/mol. The Bertz CT molecular complexity index is 830. The van der Waals surface area contributed by atoms with Crippen LogP contribution >= 0.6 is 11.8 Å². The SMILES string of the molecule is CSc1cc(C(=O)[C@@H](C#N)C(=O)Nc2cccc(C)c2)ccc1F. The normalized spacial score (nSPS) is 11.4. The molecule has 2 rings (SSSR count). The quantitative estimate of drug-likeness (QED) is 0.509. The first kappa shape index (κ1) is 17.7. The van der Waals surface area contributed by atoms with Gasteiger partial charge in [0.25, 0.3) is 0 Å². The number of ketones is 1. The second-order valence-corrected chi connectivity index (χ2v) is 5.98. The molecule has 2 aromatic carbocycles. The van der Waals surface area contributed by atoms with Gasteiger partial charge in [-0.2, -0.15) is 5.26 Å². The van der Waals surface area contributed by atoms with E-state index in [-0.39, 0.29) is 10.5 Å². The third-order valence-corrected chi connectivity index (χ3v) is 4.13. The summed E-state index contributed by atoms with van der Waals surface area (Å²) in [6.07, 6.45) is 1.68. The maximum absolute atomic E-state index is 13.5. The predicted octanol–water partition coefficient (Wildman–Crippen LogP) is 3.82. The fourth-order valence-corrected chi connectivity index (χ4v) is 2.66. The molecule has 6 heteroatoms. The average Bonchev–Trinajstić information content (AvgIpc) is 2.55. The zero-order valence-electron chi connectivity index (χ0n) is 13.2. The van der Waals surface area contributed by atoms with Gasteiger partial charge in [0.1, 0.15) is 5.82 Å². The number of benzene rings is 2. The molecular weight excluding hydrogens is 327 g/mol. The molecule has 2 aromatic rings. The molecule has 24 heavy (non-hydrogen) atoms. The molecule has 1 amide bonds. The number of hydrogen-bond acceptors (Lipinski definition) is 4. The number of hydrogen-bond donors (Lipinski definition) is 1. The van der Waals surface area contributed by atoms with Gasteiger partial charge in [-0.25, -0.2) is 4.39 Å². The molecule has 4 nitrogen and oxygen atoms in total. The van der Waals surface area contributed by atoms with Crippen molar-refractivity contribution in [1.82, 2.24) is 0 Å². The van der Waals surface area contributed by atoms with Gasteiger partial charge in [-0.15, -0.1) is 11.8 Å². The van der Waals surface area contributed by atoms with Crippen LogP contribution in [0.1, 0.15) is 15.9 Å². The van der Waals surface area contributed by atoms with Gasteiger partial charge in [-0.3, -0.25) is 9.59 Å². The third kappa shape index (κ3) is 4.00. The topological polar surface area (TPSA) is 70.0 Å². The Morgan fingerprint density at radius 2 is 2.00 bits per heavy atom. The smallest absolute Gasteiger partial charge is 0.249 e. The lowest BCUT2D eigenvalue weighted by molar-refractivity contribution is -0.117. The Balaban J connectivity index is 2.22. The van der Waals surface area contributed by atoms with Gasteiger partial charge in [0.15, 0.2) is 11.7 Å². The molecule has 122 valence electrons. The summed E-state index contributed by atoms with van der Waals surface area (Å²) >= 11 is 1.15. The van der Waals surface area contributed by atoms with E-state index in [1.165, 1.54) is 12.1 Å². The molecule has 0 aliphatic rings. The number of nitrogens with zero attached hydrogens (tertiary/aromatic N) is 1. The van der Waals surface area contributed by atoms with Crippen LogP contribution in [0, 0.1) is 30.0 Å². The van der Waals surface area contributed by atoms with Gasteiger partial charge >= 0.3 is 0 Å². The Hall–Kier alpha value is -2.65. The van der Waals surface area contributed by atoms with Gasteiger partial charge in [-0.1, -0.05) is 12.1 Å². The Morgan fingerprint density at radius 1 is 1.25 bits per heavy atom. The first-order valence-electron chi connectivity index (χ1n) is 7.11. The highest BCUT2D eigenvalue weighted by atomic mass is 32.2. The minimum Gasteiger partial charge on any atom is -0.325 e. The number of halogens is 1. The highest BCUT2D eigenvalue weighted by Crippen LogP contribution is 2.22. The number of nitriles is 1. The van der Waals surface area contributed by atoms with Gasteiger partial charge in [0.05, 0.1) is 6.07 Å². The number of Topliss-reactive ketones (excluding diaryl/α,β-unsaturated/α-hetero) is 1. The van der Waals surface area contributed by atoms with E-state index < -0.39 is 23.4 Å². The summed E-state index contributed by atoms with van der Waals surface area (Å²) in [7, 11) is 0. The Labute approximate surface area is 143 Å². The minimum atomic E-state index is -1.49. The zero-order valence-corrected chi connectivity index (χ0v) is 14.0. The summed E-state index contributed by atoms with van der Waals surface area (Å²) in [5, 5.41) is 11.8. The van der Waals surface area contributed by atoms with E-state index in [9.17, 15) is 19.2 Å². The molecule has 0 aromatic heterocycles. The van der Waals surface area contributed by atoms with Crippen molar-refractivity contribution < 1.29 is 14.0 Å². The van der Waals surface area contributed by atoms with Crippen LogP contribution in [-0.4, -0.2) is 17.9 Å². The summed E-state index contributed by atoms with van der Waals surface area (Å²) in [5.74, 6) is -3.30. The van der Waals surface area contributed by atoms with Gasteiger partial charge in [0, 0.05) is 16.1 Å². The number of thioether (sulfide) groups is 1. The highest BCUT2D eigenvalue weighted by Gasteiger charge is 2.28. The molecule has 0 unspecified atom stereocenters. The molecule has 1 N–H and O–H groups in total. The van der Waals surface area contributed by atoms with Crippen LogP contribution < -0.4 is 5.32 Å². The molecule has 0 heterocycles. The maximum atomic E-state index is 13.5. The van der Waals surface area contributed by atoms with Gasteiger partial charge < -0.3 is 5.32 Å². The van der Waals surface area contributed by atoms with Gasteiger partial charge in [-0.05, 0) is 49.1 Å². The molecule has 0 bridgehead atoms. The van der Waals surface area contributed by atoms with E-state index in [1.54, 1.807) is 30.5 Å². The predicted molar refractivity (Wildman–Crippen MR) is 91.4 cm³/mol. The molecule has 0 fully saturated rings. The Morgan fingerprint density at radius 3 is 2.62 bits per heavy atom. The van der Waals surface area contributed by atoms with Crippen LogP contribution in [0.3, 0.4) is 0 Å². The van der Waals surface area contributed by atoms with E-state index >= 15 is 0 Å². The van der Waals surface area contributed by atoms with Crippen LogP contribution in [0.5, 0.6) is 0 Å². The van der Waals surface area contributed by atoms with Crippen LogP contribution in [0.4, 0.5) is 10.1 Å². The monoisotopic (exact) mass is 342 g/mol. The third-order valence-electron chi connectivity index (χ3n) is 3.37. The summed E-state index contributed by atoms with van der Waals surface area (Å²) in [4.78, 5) is 25.0. The molecule has 0 aliphatic carbocycles. The van der Waals surface area contributed by atoms with Crippen molar-refractivity contribution in [1.29, 1.82) is 5.26 Å². The minimum absolute atomic E-state index is 0.131. The van der Waals surface area contributed by atoms with Crippen molar-refractivity contribution in [3.8, 4) is 6.07 Å². The highest BCUT2D eigenvalue weighted by molar-refractivity contribution is 7.98. The van der Waals surface area contributed by atoms with E-state index in [0.29, 0.717) is 5.69 Å². The molecular formula is C18H15FN2O2S. The van der Waals surface area contributed by atoms with Crippen LogP contribution in [0.25, 0.3) is 0 Å². The fraction of sp³-hybridized carbons (Fsp3) is 0.167. The second kappa shape index (κ2) is 7.75. The summed E-state index contributed by atoms with van der Waals surface area (Å²) in [6.45, 7) is 1.87. The number of amides is 1.